The zero-order chi connectivity index (χ0) is 14.1. The fourth-order valence-corrected chi connectivity index (χ4v) is 2.32. The van der Waals surface area contributed by atoms with Gasteiger partial charge in [0, 0.05) is 0 Å². The average molecular weight is 268 g/mol. The Balaban J connectivity index is 2.20. The number of aromatic amines is 1. The Morgan fingerprint density at radius 1 is 1.05 bits per heavy atom. The van der Waals surface area contributed by atoms with E-state index in [-0.39, 0.29) is 0 Å². The molecule has 0 spiro atoms. The van der Waals surface area contributed by atoms with Gasteiger partial charge in [-0.1, -0.05) is 12.1 Å². The molecule has 1 N–H and O–H groups in total. The van der Waals surface area contributed by atoms with Crippen LogP contribution in [0.4, 0.5) is 0 Å². The van der Waals surface area contributed by atoms with Gasteiger partial charge in [-0.05, 0) is 36.8 Å². The van der Waals surface area contributed by atoms with Crippen molar-refractivity contribution in [3.63, 3.8) is 0 Å². The molecular weight excluding hydrogens is 252 g/mol. The minimum atomic E-state index is 0.686. The number of hydrogen-bond donors (Lipinski definition) is 1. The number of nitrogens with zero attached hydrogens (tertiary/aromatic N) is 1. The van der Waals surface area contributed by atoms with Gasteiger partial charge in [0.05, 0.1) is 30.8 Å². The Bertz CT molecular complexity index is 762. The van der Waals surface area contributed by atoms with Crippen LogP contribution in [0.2, 0.25) is 0 Å². The van der Waals surface area contributed by atoms with Gasteiger partial charge in [0.25, 0.3) is 0 Å². The highest BCUT2D eigenvalue weighted by Crippen LogP contribution is 2.37. The maximum Gasteiger partial charge on any atom is 0.171 e. The predicted molar refractivity (Wildman–Crippen MR) is 79.4 cm³/mol. The Labute approximate surface area is 117 Å². The van der Waals surface area contributed by atoms with Gasteiger partial charge in [0.2, 0.25) is 0 Å². The highest BCUT2D eigenvalue weighted by molar-refractivity contribution is 5.82. The van der Waals surface area contributed by atoms with E-state index in [0.717, 1.165) is 22.4 Å². The standard InChI is InChI=1S/C16H16N2O2/c1-10-7-8-12-13(9-10)18-16(17-12)11-5-4-6-14(19-2)15(11)20-3/h4-9H,1-3H3,(H,17,18). The number of benzene rings is 2. The van der Waals surface area contributed by atoms with Gasteiger partial charge in [-0.25, -0.2) is 4.98 Å². The fourth-order valence-electron chi connectivity index (χ4n) is 2.32. The third kappa shape index (κ3) is 1.99. The minimum Gasteiger partial charge on any atom is -0.493 e. The van der Waals surface area contributed by atoms with Gasteiger partial charge in [-0.15, -0.1) is 0 Å². The summed E-state index contributed by atoms with van der Waals surface area (Å²) >= 11 is 0. The first-order chi connectivity index (χ1) is 9.72. The monoisotopic (exact) mass is 268 g/mol. The van der Waals surface area contributed by atoms with E-state index in [4.69, 9.17) is 9.47 Å². The van der Waals surface area contributed by atoms with Crippen molar-refractivity contribution in [3.05, 3.63) is 42.0 Å². The number of imidazole rings is 1. The van der Waals surface area contributed by atoms with Crippen LogP contribution in [-0.2, 0) is 0 Å². The summed E-state index contributed by atoms with van der Waals surface area (Å²) in [4.78, 5) is 7.95. The molecule has 3 rings (SSSR count). The quantitative estimate of drug-likeness (QED) is 0.790. The molecule has 4 heteroatoms. The molecule has 20 heavy (non-hydrogen) atoms. The lowest BCUT2D eigenvalue weighted by atomic mass is 10.1. The first kappa shape index (κ1) is 12.5. The zero-order valence-electron chi connectivity index (χ0n) is 11.7. The summed E-state index contributed by atoms with van der Waals surface area (Å²) in [6.45, 7) is 2.06. The number of methoxy groups -OCH3 is 2. The van der Waals surface area contributed by atoms with Crippen molar-refractivity contribution in [2.24, 2.45) is 0 Å². The van der Waals surface area contributed by atoms with Crippen LogP contribution in [0.15, 0.2) is 36.4 Å². The van der Waals surface area contributed by atoms with Crippen molar-refractivity contribution in [2.75, 3.05) is 14.2 Å². The Hall–Kier alpha value is -2.49. The predicted octanol–water partition coefficient (Wildman–Crippen LogP) is 3.56. The molecule has 0 amide bonds. The molecule has 0 aliphatic carbocycles. The molecule has 3 aromatic rings. The fraction of sp³-hybridized carbons (Fsp3) is 0.188. The number of hydrogen-bond acceptors (Lipinski definition) is 3. The maximum atomic E-state index is 5.46. The van der Waals surface area contributed by atoms with E-state index >= 15 is 0 Å². The molecular formula is C16H16N2O2. The van der Waals surface area contributed by atoms with E-state index in [1.54, 1.807) is 14.2 Å². The van der Waals surface area contributed by atoms with Crippen LogP contribution in [-0.4, -0.2) is 24.2 Å². The largest absolute Gasteiger partial charge is 0.493 e. The van der Waals surface area contributed by atoms with Crippen molar-refractivity contribution in [2.45, 2.75) is 6.92 Å². The summed E-state index contributed by atoms with van der Waals surface area (Å²) in [6.07, 6.45) is 0. The second kappa shape index (κ2) is 4.89. The van der Waals surface area contributed by atoms with E-state index in [1.165, 1.54) is 5.56 Å². The highest BCUT2D eigenvalue weighted by Gasteiger charge is 2.14. The third-order valence-corrected chi connectivity index (χ3v) is 3.30. The smallest absolute Gasteiger partial charge is 0.171 e. The zero-order valence-corrected chi connectivity index (χ0v) is 11.7. The summed E-state index contributed by atoms with van der Waals surface area (Å²) in [5.74, 6) is 2.16. The normalized spacial score (nSPS) is 10.8. The van der Waals surface area contributed by atoms with Gasteiger partial charge in [0.15, 0.2) is 11.5 Å². The van der Waals surface area contributed by atoms with Gasteiger partial charge >= 0.3 is 0 Å². The summed E-state index contributed by atoms with van der Waals surface area (Å²) in [7, 11) is 3.26. The van der Waals surface area contributed by atoms with E-state index in [9.17, 15) is 0 Å². The number of para-hydroxylation sites is 1. The Morgan fingerprint density at radius 3 is 2.65 bits per heavy atom. The van der Waals surface area contributed by atoms with Crippen molar-refractivity contribution in [3.8, 4) is 22.9 Å². The van der Waals surface area contributed by atoms with Crippen LogP contribution in [0, 0.1) is 6.92 Å². The number of aryl methyl sites for hydroxylation is 1. The molecule has 1 heterocycles. The van der Waals surface area contributed by atoms with Gasteiger partial charge in [0.1, 0.15) is 5.82 Å². The van der Waals surface area contributed by atoms with Crippen LogP contribution in [0.25, 0.3) is 22.4 Å². The van der Waals surface area contributed by atoms with E-state index in [0.29, 0.717) is 11.5 Å². The lowest BCUT2D eigenvalue weighted by molar-refractivity contribution is 0.356. The Kier molecular flexibility index (Phi) is 3.06. The lowest BCUT2D eigenvalue weighted by Gasteiger charge is -2.10. The summed E-state index contributed by atoms with van der Waals surface area (Å²) < 4.78 is 10.8. The highest BCUT2D eigenvalue weighted by atomic mass is 16.5. The molecule has 102 valence electrons. The topological polar surface area (TPSA) is 47.1 Å². The molecule has 0 fully saturated rings. The molecule has 4 nitrogen and oxygen atoms in total. The van der Waals surface area contributed by atoms with Crippen LogP contribution < -0.4 is 9.47 Å². The van der Waals surface area contributed by atoms with Gasteiger partial charge in [-0.2, -0.15) is 0 Å². The van der Waals surface area contributed by atoms with Crippen molar-refractivity contribution >= 4 is 11.0 Å². The van der Waals surface area contributed by atoms with E-state index < -0.39 is 0 Å². The molecule has 0 unspecified atom stereocenters. The molecule has 0 atom stereocenters. The molecule has 0 bridgehead atoms. The molecule has 0 aliphatic heterocycles. The lowest BCUT2D eigenvalue weighted by Crippen LogP contribution is -1.93. The maximum absolute atomic E-state index is 5.46. The van der Waals surface area contributed by atoms with Gasteiger partial charge in [-0.3, -0.25) is 0 Å². The van der Waals surface area contributed by atoms with Crippen LogP contribution in [0.1, 0.15) is 5.56 Å². The van der Waals surface area contributed by atoms with Crippen molar-refractivity contribution in [1.29, 1.82) is 0 Å². The third-order valence-electron chi connectivity index (χ3n) is 3.30. The van der Waals surface area contributed by atoms with E-state index in [1.807, 2.05) is 24.3 Å². The van der Waals surface area contributed by atoms with E-state index in [2.05, 4.69) is 29.0 Å². The SMILES string of the molecule is COc1cccc(-c2nc3ccc(C)cc3[nH]2)c1OC. The van der Waals surface area contributed by atoms with Crippen LogP contribution in [0.5, 0.6) is 11.5 Å². The van der Waals surface area contributed by atoms with Gasteiger partial charge < -0.3 is 14.5 Å². The molecule has 0 aliphatic rings. The first-order valence-electron chi connectivity index (χ1n) is 6.40. The van der Waals surface area contributed by atoms with Crippen LogP contribution >= 0.6 is 0 Å². The Morgan fingerprint density at radius 2 is 1.90 bits per heavy atom. The second-order valence-electron chi connectivity index (χ2n) is 4.65. The average Bonchev–Trinajstić information content (AvgIpc) is 2.88. The number of aromatic nitrogens is 2. The molecule has 2 aromatic carbocycles. The first-order valence-corrected chi connectivity index (χ1v) is 6.40. The number of ether oxygens (including phenoxy) is 2. The minimum absolute atomic E-state index is 0.686. The molecule has 1 aromatic heterocycles. The summed E-state index contributed by atoms with van der Waals surface area (Å²) in [6, 6.07) is 11.9. The second-order valence-corrected chi connectivity index (χ2v) is 4.65. The summed E-state index contributed by atoms with van der Waals surface area (Å²) in [5, 5.41) is 0. The summed E-state index contributed by atoms with van der Waals surface area (Å²) in [5.41, 5.74) is 4.05. The molecule has 0 saturated carbocycles. The number of fused-ring (bicyclic) bond motifs is 1. The van der Waals surface area contributed by atoms with Crippen molar-refractivity contribution in [1.82, 2.24) is 9.97 Å². The van der Waals surface area contributed by atoms with Crippen molar-refractivity contribution < 1.29 is 9.47 Å². The number of H-pyrrole nitrogens is 1. The number of nitrogens with one attached hydrogen (secondary N) is 1. The molecule has 0 radical (unpaired) electrons. The van der Waals surface area contributed by atoms with Crippen LogP contribution in [0.3, 0.4) is 0 Å². The number of rotatable bonds is 3. The molecule has 0 saturated heterocycles.